The number of methoxy groups -OCH3 is 2. The maximum absolute atomic E-state index is 12.6. The van der Waals surface area contributed by atoms with Crippen molar-refractivity contribution in [2.24, 2.45) is 0 Å². The Hall–Kier alpha value is -3.02. The van der Waals surface area contributed by atoms with Crippen molar-refractivity contribution in [3.05, 3.63) is 59.5 Å². The lowest BCUT2D eigenvalue weighted by Crippen LogP contribution is -2.30. The minimum atomic E-state index is -0.612. The van der Waals surface area contributed by atoms with Gasteiger partial charge in [-0.3, -0.25) is 0 Å². The van der Waals surface area contributed by atoms with Crippen LogP contribution in [-0.2, 0) is 19.1 Å². The van der Waals surface area contributed by atoms with E-state index in [1.807, 2.05) is 25.1 Å². The number of hydrogen-bond donors (Lipinski definition) is 0. The molecule has 144 valence electrons. The van der Waals surface area contributed by atoms with Gasteiger partial charge in [0.15, 0.2) is 0 Å². The van der Waals surface area contributed by atoms with Crippen molar-refractivity contribution in [3.63, 3.8) is 0 Å². The van der Waals surface area contributed by atoms with Crippen molar-refractivity contribution in [2.45, 2.75) is 20.8 Å². The zero-order chi connectivity index (χ0) is 20.0. The number of allylic oxidation sites excluding steroid dienone is 2. The summed E-state index contributed by atoms with van der Waals surface area (Å²) in [4.78, 5) is 28.8. The number of esters is 2. The summed E-state index contributed by atoms with van der Waals surface area (Å²) in [5.74, 6) is -1.21. The molecule has 1 aromatic carbocycles. The second-order valence-electron chi connectivity index (χ2n) is 5.98. The topological polar surface area (TPSA) is 59.1 Å². The number of nitrogens with zero attached hydrogens (tertiary/aromatic N) is 2. The highest BCUT2D eigenvalue weighted by Gasteiger charge is 2.29. The Bertz CT molecular complexity index is 804. The highest BCUT2D eigenvalue weighted by Crippen LogP contribution is 2.35. The third kappa shape index (κ3) is 4.22. The molecule has 2 rings (SSSR count). The fourth-order valence-corrected chi connectivity index (χ4v) is 3.01. The molecule has 0 spiro atoms. The Morgan fingerprint density at radius 3 is 2.30 bits per heavy atom. The normalized spacial score (nSPS) is 13.4. The standard InChI is InChI=1S/C21H26N2O4/c1-6-22(7-2)17-12-11-15(3)14-18(17)23-13-9-8-10-16(20(24)26-4)19(23)21(25)27-5/h8-14H,6-7H2,1-5H3. The lowest BCUT2D eigenvalue weighted by atomic mass is 10.1. The first-order valence-corrected chi connectivity index (χ1v) is 8.89. The lowest BCUT2D eigenvalue weighted by molar-refractivity contribution is -0.139. The van der Waals surface area contributed by atoms with Crippen molar-refractivity contribution in [2.75, 3.05) is 37.1 Å². The van der Waals surface area contributed by atoms with Crippen molar-refractivity contribution < 1.29 is 19.1 Å². The summed E-state index contributed by atoms with van der Waals surface area (Å²) in [6, 6.07) is 6.04. The number of carbonyl (C=O) groups is 2. The number of aryl methyl sites for hydroxylation is 1. The van der Waals surface area contributed by atoms with Gasteiger partial charge in [-0.15, -0.1) is 0 Å². The Kier molecular flexibility index (Phi) is 6.82. The molecule has 6 nitrogen and oxygen atoms in total. The summed E-state index contributed by atoms with van der Waals surface area (Å²) in [6.45, 7) is 7.75. The highest BCUT2D eigenvalue weighted by atomic mass is 16.5. The summed E-state index contributed by atoms with van der Waals surface area (Å²) in [7, 11) is 2.58. The molecule has 1 aromatic rings. The first kappa shape index (κ1) is 20.3. The molecule has 0 radical (unpaired) electrons. The smallest absolute Gasteiger partial charge is 0.355 e. The zero-order valence-corrected chi connectivity index (χ0v) is 16.5. The highest BCUT2D eigenvalue weighted by molar-refractivity contribution is 6.06. The van der Waals surface area contributed by atoms with Crippen LogP contribution in [0.2, 0.25) is 0 Å². The predicted octanol–water partition coefficient (Wildman–Crippen LogP) is 3.33. The van der Waals surface area contributed by atoms with E-state index in [1.54, 1.807) is 29.3 Å². The molecule has 0 N–H and O–H groups in total. The van der Waals surface area contributed by atoms with Crippen LogP contribution in [0.4, 0.5) is 11.4 Å². The molecular formula is C21H26N2O4. The molecule has 27 heavy (non-hydrogen) atoms. The van der Waals surface area contributed by atoms with Crippen molar-refractivity contribution in [1.29, 1.82) is 0 Å². The van der Waals surface area contributed by atoms with Crippen molar-refractivity contribution in [3.8, 4) is 0 Å². The molecule has 0 bridgehead atoms. The molecule has 0 unspecified atom stereocenters. The number of ether oxygens (including phenoxy) is 2. The first-order valence-electron chi connectivity index (χ1n) is 8.89. The van der Waals surface area contributed by atoms with Crippen LogP contribution in [0.25, 0.3) is 0 Å². The number of anilines is 2. The minimum Gasteiger partial charge on any atom is -0.465 e. The maximum Gasteiger partial charge on any atom is 0.355 e. The van der Waals surface area contributed by atoms with Crippen LogP contribution in [-0.4, -0.2) is 39.2 Å². The molecule has 1 heterocycles. The second-order valence-corrected chi connectivity index (χ2v) is 5.98. The Morgan fingerprint density at radius 2 is 1.70 bits per heavy atom. The molecule has 0 saturated carbocycles. The van der Waals surface area contributed by atoms with Gasteiger partial charge in [-0.25, -0.2) is 9.59 Å². The average Bonchev–Trinajstić information content (AvgIpc) is 2.91. The molecule has 0 aromatic heterocycles. The largest absolute Gasteiger partial charge is 0.465 e. The average molecular weight is 370 g/mol. The lowest BCUT2D eigenvalue weighted by Gasteiger charge is -2.30. The minimum absolute atomic E-state index is 0.119. The van der Waals surface area contributed by atoms with Crippen LogP contribution in [0.3, 0.4) is 0 Å². The van der Waals surface area contributed by atoms with Gasteiger partial charge in [0.25, 0.3) is 0 Å². The predicted molar refractivity (Wildman–Crippen MR) is 107 cm³/mol. The van der Waals surface area contributed by atoms with E-state index in [1.165, 1.54) is 14.2 Å². The number of rotatable bonds is 6. The molecule has 0 aliphatic carbocycles. The summed E-state index contributed by atoms with van der Waals surface area (Å²) in [5, 5.41) is 0. The molecule has 0 amide bonds. The van der Waals surface area contributed by atoms with E-state index in [9.17, 15) is 9.59 Å². The van der Waals surface area contributed by atoms with Crippen LogP contribution in [0.15, 0.2) is 53.9 Å². The van der Waals surface area contributed by atoms with Crippen LogP contribution < -0.4 is 9.80 Å². The van der Waals surface area contributed by atoms with Crippen LogP contribution in [0.1, 0.15) is 19.4 Å². The van der Waals surface area contributed by atoms with Gasteiger partial charge >= 0.3 is 11.9 Å². The van der Waals surface area contributed by atoms with E-state index in [0.717, 1.165) is 30.0 Å². The van der Waals surface area contributed by atoms with Gasteiger partial charge in [0.05, 0.1) is 31.2 Å². The van der Waals surface area contributed by atoms with E-state index < -0.39 is 11.9 Å². The van der Waals surface area contributed by atoms with E-state index in [4.69, 9.17) is 9.47 Å². The number of carbonyl (C=O) groups excluding carboxylic acids is 2. The Morgan fingerprint density at radius 1 is 1.04 bits per heavy atom. The molecule has 0 atom stereocenters. The molecule has 0 fully saturated rings. The maximum atomic E-state index is 12.6. The van der Waals surface area contributed by atoms with Gasteiger partial charge in [0.2, 0.25) is 0 Å². The van der Waals surface area contributed by atoms with Crippen LogP contribution in [0, 0.1) is 6.92 Å². The summed E-state index contributed by atoms with van der Waals surface area (Å²) < 4.78 is 9.85. The fourth-order valence-electron chi connectivity index (χ4n) is 3.01. The summed E-state index contributed by atoms with van der Waals surface area (Å²) in [5.41, 5.74) is 3.05. The van der Waals surface area contributed by atoms with E-state index in [0.29, 0.717) is 0 Å². The van der Waals surface area contributed by atoms with Crippen LogP contribution >= 0.6 is 0 Å². The summed E-state index contributed by atoms with van der Waals surface area (Å²) >= 11 is 0. The zero-order valence-electron chi connectivity index (χ0n) is 16.5. The molecular weight excluding hydrogens is 344 g/mol. The SMILES string of the molecule is CCN(CC)c1ccc(C)cc1N1C=CC=CC(C(=O)OC)=C1C(=O)OC. The van der Waals surface area contributed by atoms with Gasteiger partial charge in [-0.1, -0.05) is 12.1 Å². The van der Waals surface area contributed by atoms with E-state index >= 15 is 0 Å². The molecule has 1 aliphatic heterocycles. The third-order valence-electron chi connectivity index (χ3n) is 4.38. The number of hydrogen-bond acceptors (Lipinski definition) is 6. The van der Waals surface area contributed by atoms with Gasteiger partial charge in [0.1, 0.15) is 5.70 Å². The first-order chi connectivity index (χ1) is 13.0. The number of benzene rings is 1. The van der Waals surface area contributed by atoms with Gasteiger partial charge in [-0.05, 0) is 50.6 Å². The van der Waals surface area contributed by atoms with Gasteiger partial charge in [0, 0.05) is 19.3 Å². The van der Waals surface area contributed by atoms with E-state index in [2.05, 4.69) is 18.7 Å². The third-order valence-corrected chi connectivity index (χ3v) is 4.38. The molecule has 0 saturated heterocycles. The molecule has 6 heteroatoms. The second kappa shape index (κ2) is 9.07. The fraction of sp³-hybridized carbons (Fsp3) is 0.333. The van der Waals surface area contributed by atoms with Crippen molar-refractivity contribution in [1.82, 2.24) is 0 Å². The summed E-state index contributed by atoms with van der Waals surface area (Å²) in [6.07, 6.45) is 6.78. The Balaban J connectivity index is 2.76. The van der Waals surface area contributed by atoms with E-state index in [-0.39, 0.29) is 11.3 Å². The monoisotopic (exact) mass is 370 g/mol. The molecule has 1 aliphatic rings. The Labute approximate surface area is 160 Å². The van der Waals surface area contributed by atoms with Gasteiger partial charge in [-0.2, -0.15) is 0 Å². The van der Waals surface area contributed by atoms with Gasteiger partial charge < -0.3 is 19.3 Å². The van der Waals surface area contributed by atoms with Crippen molar-refractivity contribution >= 4 is 23.3 Å². The quantitative estimate of drug-likeness (QED) is 0.716. The van der Waals surface area contributed by atoms with Crippen LogP contribution in [0.5, 0.6) is 0 Å².